The zero-order valence-electron chi connectivity index (χ0n) is 8.90. The van der Waals surface area contributed by atoms with Gasteiger partial charge in [-0.25, -0.2) is 0 Å². The van der Waals surface area contributed by atoms with Crippen molar-refractivity contribution < 1.29 is 4.92 Å². The van der Waals surface area contributed by atoms with E-state index in [0.29, 0.717) is 5.56 Å². The summed E-state index contributed by atoms with van der Waals surface area (Å²) < 4.78 is 0. The number of nitrogens with one attached hydrogen (secondary N) is 2. The number of pyridine rings is 1. The van der Waals surface area contributed by atoms with Crippen LogP contribution in [0.25, 0.3) is 6.08 Å². The Bertz CT molecular complexity index is 451. The van der Waals surface area contributed by atoms with E-state index in [2.05, 4.69) is 10.3 Å². The number of hydrogen-bond donors (Lipinski definition) is 2. The highest BCUT2D eigenvalue weighted by Crippen LogP contribution is 2.07. The molecule has 0 saturated carbocycles. The Balaban J connectivity index is 2.83. The Morgan fingerprint density at radius 2 is 2.38 bits per heavy atom. The molecule has 86 valence electrons. The van der Waals surface area contributed by atoms with Crippen LogP contribution in [0.5, 0.6) is 0 Å². The van der Waals surface area contributed by atoms with Crippen LogP contribution >= 0.6 is 0 Å². The lowest BCUT2D eigenvalue weighted by atomic mass is 10.2. The number of aromatic nitrogens is 1. The van der Waals surface area contributed by atoms with Gasteiger partial charge in [-0.2, -0.15) is 0 Å². The average Bonchev–Trinajstić information content (AvgIpc) is 2.26. The fourth-order valence-electron chi connectivity index (χ4n) is 1.17. The fourth-order valence-corrected chi connectivity index (χ4v) is 1.17. The molecule has 0 aliphatic heterocycles. The van der Waals surface area contributed by atoms with E-state index in [1.807, 2.05) is 13.1 Å². The van der Waals surface area contributed by atoms with Crippen LogP contribution in [-0.2, 0) is 0 Å². The van der Waals surface area contributed by atoms with Gasteiger partial charge in [0.25, 0.3) is 0 Å². The molecule has 0 fully saturated rings. The van der Waals surface area contributed by atoms with Gasteiger partial charge < -0.3 is 10.3 Å². The zero-order valence-corrected chi connectivity index (χ0v) is 8.90. The average molecular weight is 223 g/mol. The van der Waals surface area contributed by atoms with E-state index < -0.39 is 16.2 Å². The fraction of sp³-hybridized carbons (Fsp3) is 0.300. The van der Waals surface area contributed by atoms with E-state index in [9.17, 15) is 14.9 Å². The van der Waals surface area contributed by atoms with Crippen molar-refractivity contribution in [2.45, 2.75) is 6.42 Å². The molecule has 6 nitrogen and oxygen atoms in total. The van der Waals surface area contributed by atoms with Crippen LogP contribution in [-0.4, -0.2) is 23.5 Å². The number of hydrogen-bond acceptors (Lipinski definition) is 4. The van der Waals surface area contributed by atoms with Crippen molar-refractivity contribution in [1.29, 1.82) is 0 Å². The molecule has 1 heterocycles. The topological polar surface area (TPSA) is 88.0 Å². The lowest BCUT2D eigenvalue weighted by Gasteiger charge is -1.94. The summed E-state index contributed by atoms with van der Waals surface area (Å²) in [6.07, 6.45) is 5.89. The Kier molecular flexibility index (Phi) is 4.41. The van der Waals surface area contributed by atoms with E-state index in [1.54, 1.807) is 6.08 Å². The van der Waals surface area contributed by atoms with Crippen molar-refractivity contribution in [3.63, 3.8) is 0 Å². The molecule has 6 heteroatoms. The molecule has 1 aromatic rings. The van der Waals surface area contributed by atoms with Crippen LogP contribution in [0.3, 0.4) is 0 Å². The quantitative estimate of drug-likeness (QED) is 0.441. The third-order valence-corrected chi connectivity index (χ3v) is 1.97. The normalized spacial score (nSPS) is 10.8. The molecule has 0 atom stereocenters. The van der Waals surface area contributed by atoms with Crippen molar-refractivity contribution >= 4 is 11.8 Å². The molecule has 0 amide bonds. The lowest BCUT2D eigenvalue weighted by Crippen LogP contribution is -2.10. The van der Waals surface area contributed by atoms with E-state index in [-0.39, 0.29) is 0 Å². The third-order valence-electron chi connectivity index (χ3n) is 1.97. The monoisotopic (exact) mass is 223 g/mol. The summed E-state index contributed by atoms with van der Waals surface area (Å²) in [7, 11) is 1.85. The van der Waals surface area contributed by atoms with E-state index >= 15 is 0 Å². The number of aromatic amines is 1. The van der Waals surface area contributed by atoms with Crippen LogP contribution in [0.1, 0.15) is 12.0 Å². The summed E-state index contributed by atoms with van der Waals surface area (Å²) in [5, 5.41) is 13.5. The minimum absolute atomic E-state index is 0.434. The first-order chi connectivity index (χ1) is 7.65. The van der Waals surface area contributed by atoms with Gasteiger partial charge in [0.05, 0.1) is 4.92 Å². The molecule has 0 bridgehead atoms. The van der Waals surface area contributed by atoms with E-state index in [4.69, 9.17) is 0 Å². The largest absolute Gasteiger partial charge is 0.334 e. The summed E-state index contributed by atoms with van der Waals surface area (Å²) in [6.45, 7) is 0.835. The first-order valence-electron chi connectivity index (χ1n) is 4.83. The second-order valence-electron chi connectivity index (χ2n) is 3.20. The van der Waals surface area contributed by atoms with Crippen molar-refractivity contribution in [2.24, 2.45) is 0 Å². The summed E-state index contributed by atoms with van der Waals surface area (Å²) in [5.74, 6) is 0. The van der Waals surface area contributed by atoms with Gasteiger partial charge in [-0.1, -0.05) is 12.2 Å². The minimum atomic E-state index is -0.691. The highest BCUT2D eigenvalue weighted by Gasteiger charge is 2.11. The molecule has 0 saturated heterocycles. The number of rotatable bonds is 5. The molecule has 2 N–H and O–H groups in total. The number of H-pyrrole nitrogens is 1. The van der Waals surface area contributed by atoms with Gasteiger partial charge in [-0.3, -0.25) is 14.9 Å². The molecule has 0 spiro atoms. The summed E-state index contributed by atoms with van der Waals surface area (Å²) in [4.78, 5) is 23.2. The van der Waals surface area contributed by atoms with Crippen molar-refractivity contribution in [1.82, 2.24) is 10.3 Å². The van der Waals surface area contributed by atoms with E-state index in [1.165, 1.54) is 12.3 Å². The maximum Gasteiger partial charge on any atom is 0.334 e. The molecule has 0 aliphatic rings. The Hall–Kier alpha value is -1.95. The van der Waals surface area contributed by atoms with Crippen LogP contribution < -0.4 is 10.9 Å². The van der Waals surface area contributed by atoms with E-state index in [0.717, 1.165) is 13.0 Å². The van der Waals surface area contributed by atoms with Crippen molar-refractivity contribution in [3.05, 3.63) is 44.4 Å². The van der Waals surface area contributed by atoms with Gasteiger partial charge >= 0.3 is 11.2 Å². The molecular weight excluding hydrogens is 210 g/mol. The van der Waals surface area contributed by atoms with Crippen LogP contribution in [0.15, 0.2) is 23.1 Å². The predicted molar refractivity (Wildman–Crippen MR) is 61.3 cm³/mol. The third kappa shape index (κ3) is 3.32. The van der Waals surface area contributed by atoms with Gasteiger partial charge in [0.15, 0.2) is 0 Å². The summed E-state index contributed by atoms with van der Waals surface area (Å²) in [5.41, 5.74) is -0.504. The van der Waals surface area contributed by atoms with Gasteiger partial charge in [0, 0.05) is 12.3 Å². The molecule has 1 aromatic heterocycles. The summed E-state index contributed by atoms with van der Waals surface area (Å²) in [6, 6.07) is 1.26. The number of nitrogens with zero attached hydrogens (tertiary/aromatic N) is 1. The molecule has 0 unspecified atom stereocenters. The standard InChI is InChI=1S/C10H13N3O3/c1-11-5-3-2-4-8-6-9(13(15)16)10(14)12-7-8/h2,4,6-7,11H,3,5H2,1H3,(H,12,14). The second-order valence-corrected chi connectivity index (χ2v) is 3.20. The SMILES string of the molecule is CNCCC=Cc1c[nH]c(=O)c([N+](=O)[O-])c1. The molecular formula is C10H13N3O3. The van der Waals surface area contributed by atoms with Crippen molar-refractivity contribution in [3.8, 4) is 0 Å². The van der Waals surface area contributed by atoms with Crippen molar-refractivity contribution in [2.75, 3.05) is 13.6 Å². The zero-order chi connectivity index (χ0) is 12.0. The highest BCUT2D eigenvalue weighted by molar-refractivity contribution is 5.51. The second kappa shape index (κ2) is 5.82. The van der Waals surface area contributed by atoms with Gasteiger partial charge in [0.1, 0.15) is 0 Å². The highest BCUT2D eigenvalue weighted by atomic mass is 16.6. The van der Waals surface area contributed by atoms with Crippen LogP contribution in [0.2, 0.25) is 0 Å². The first kappa shape index (κ1) is 12.1. The number of nitro groups is 1. The van der Waals surface area contributed by atoms with Crippen LogP contribution in [0, 0.1) is 10.1 Å². The van der Waals surface area contributed by atoms with Gasteiger partial charge in [-0.05, 0) is 25.6 Å². The molecule has 16 heavy (non-hydrogen) atoms. The molecule has 1 rings (SSSR count). The smallest absolute Gasteiger partial charge is 0.323 e. The van der Waals surface area contributed by atoms with Gasteiger partial charge in [-0.15, -0.1) is 0 Å². The summed E-state index contributed by atoms with van der Waals surface area (Å²) >= 11 is 0. The molecule has 0 aromatic carbocycles. The van der Waals surface area contributed by atoms with Crippen LogP contribution in [0.4, 0.5) is 5.69 Å². The maximum atomic E-state index is 11.1. The Morgan fingerprint density at radius 1 is 1.62 bits per heavy atom. The molecule has 0 aliphatic carbocycles. The Labute approximate surface area is 92.2 Å². The Morgan fingerprint density at radius 3 is 3.00 bits per heavy atom. The first-order valence-corrected chi connectivity index (χ1v) is 4.83. The van der Waals surface area contributed by atoms with Gasteiger partial charge in [0.2, 0.25) is 0 Å². The minimum Gasteiger partial charge on any atom is -0.323 e. The maximum absolute atomic E-state index is 11.1. The lowest BCUT2D eigenvalue weighted by molar-refractivity contribution is -0.386. The predicted octanol–water partition coefficient (Wildman–Crippen LogP) is 0.906. The molecule has 0 radical (unpaired) electrons.